The molecule has 3 N–H and O–H groups in total. The molecule has 0 heterocycles. The summed E-state index contributed by atoms with van der Waals surface area (Å²) in [5.74, 6) is 0.756. The van der Waals surface area contributed by atoms with Crippen molar-refractivity contribution < 1.29 is 9.84 Å². The Kier molecular flexibility index (Phi) is 7.37. The van der Waals surface area contributed by atoms with Crippen LogP contribution in [0.1, 0.15) is 38.9 Å². The van der Waals surface area contributed by atoms with Crippen LogP contribution in [-0.4, -0.2) is 18.3 Å². The predicted octanol–water partition coefficient (Wildman–Crippen LogP) is 3.68. The van der Waals surface area contributed by atoms with Crippen molar-refractivity contribution in [3.8, 4) is 5.75 Å². The molecule has 0 amide bonds. The predicted molar refractivity (Wildman–Crippen MR) is 84.9 cm³/mol. The lowest BCUT2D eigenvalue weighted by molar-refractivity contribution is 0.133. The lowest BCUT2D eigenvalue weighted by Gasteiger charge is -2.29. The van der Waals surface area contributed by atoms with Crippen LogP contribution < -0.4 is 10.5 Å². The molecule has 0 bridgehead atoms. The minimum absolute atomic E-state index is 0. The number of nitrogens with two attached hydrogens (primary N) is 1. The van der Waals surface area contributed by atoms with Gasteiger partial charge in [-0.25, -0.2) is 0 Å². The number of rotatable bonds is 4. The maximum atomic E-state index is 10.2. The van der Waals surface area contributed by atoms with Crippen LogP contribution in [0.15, 0.2) is 22.7 Å². The highest BCUT2D eigenvalue weighted by Crippen LogP contribution is 2.31. The molecule has 1 aromatic carbocycles. The first kappa shape index (κ1) is 18.7. The van der Waals surface area contributed by atoms with Gasteiger partial charge in [-0.05, 0) is 45.5 Å². The molecule has 0 aliphatic rings. The van der Waals surface area contributed by atoms with Crippen LogP contribution in [0.5, 0.6) is 5.75 Å². The normalized spacial score (nSPS) is 14.5. The quantitative estimate of drug-likeness (QED) is 0.869. The lowest BCUT2D eigenvalue weighted by atomic mass is 9.83. The number of benzene rings is 1. The monoisotopic (exact) mass is 351 g/mol. The molecule has 0 aliphatic carbocycles. The standard InChI is InChI=1S/C14H22BrNO2.ClH/c1-14(2,3)13(16)8-11(17)9-5-6-12(18-4)10(15)7-9;/h5-7,11,13,17H,8,16H2,1-4H3;1H/t11-,13+;/m0./s1. The molecule has 19 heavy (non-hydrogen) atoms. The van der Waals surface area contributed by atoms with E-state index in [4.69, 9.17) is 10.5 Å². The van der Waals surface area contributed by atoms with E-state index in [0.29, 0.717) is 6.42 Å². The second kappa shape index (κ2) is 7.48. The summed E-state index contributed by atoms with van der Waals surface area (Å²) >= 11 is 3.41. The van der Waals surface area contributed by atoms with E-state index in [1.807, 2.05) is 18.2 Å². The smallest absolute Gasteiger partial charge is 0.133 e. The van der Waals surface area contributed by atoms with Gasteiger partial charge in [0.25, 0.3) is 0 Å². The minimum atomic E-state index is -0.554. The molecular weight excluding hydrogens is 330 g/mol. The third-order valence-corrected chi connectivity index (χ3v) is 3.77. The number of ether oxygens (including phenoxy) is 1. The number of halogens is 2. The van der Waals surface area contributed by atoms with Crippen molar-refractivity contribution in [2.24, 2.45) is 11.1 Å². The van der Waals surface area contributed by atoms with Crippen LogP contribution in [0.2, 0.25) is 0 Å². The van der Waals surface area contributed by atoms with Crippen molar-refractivity contribution in [2.75, 3.05) is 7.11 Å². The average Bonchev–Trinajstić information content (AvgIpc) is 2.27. The highest BCUT2D eigenvalue weighted by molar-refractivity contribution is 9.10. The van der Waals surface area contributed by atoms with Gasteiger partial charge in [-0.1, -0.05) is 26.8 Å². The maximum Gasteiger partial charge on any atom is 0.133 e. The first-order valence-corrected chi connectivity index (χ1v) is 6.82. The molecule has 0 unspecified atom stereocenters. The van der Waals surface area contributed by atoms with E-state index in [1.165, 1.54) is 0 Å². The molecule has 0 fully saturated rings. The number of hydrogen-bond acceptors (Lipinski definition) is 3. The molecule has 110 valence electrons. The van der Waals surface area contributed by atoms with E-state index in [0.717, 1.165) is 15.8 Å². The zero-order valence-corrected chi connectivity index (χ0v) is 14.2. The van der Waals surface area contributed by atoms with Crippen molar-refractivity contribution in [3.05, 3.63) is 28.2 Å². The van der Waals surface area contributed by atoms with Gasteiger partial charge in [-0.3, -0.25) is 0 Å². The fraction of sp³-hybridized carbons (Fsp3) is 0.571. The molecule has 0 aliphatic heterocycles. The Morgan fingerprint density at radius 1 is 1.37 bits per heavy atom. The Hall–Kier alpha value is -0.290. The van der Waals surface area contributed by atoms with Crippen LogP contribution in [0.4, 0.5) is 0 Å². The van der Waals surface area contributed by atoms with Gasteiger partial charge in [0.2, 0.25) is 0 Å². The summed E-state index contributed by atoms with van der Waals surface area (Å²) < 4.78 is 6.00. The molecule has 0 saturated carbocycles. The highest BCUT2D eigenvalue weighted by atomic mass is 79.9. The fourth-order valence-corrected chi connectivity index (χ4v) is 2.18. The highest BCUT2D eigenvalue weighted by Gasteiger charge is 2.24. The van der Waals surface area contributed by atoms with Crippen molar-refractivity contribution in [1.29, 1.82) is 0 Å². The van der Waals surface area contributed by atoms with Gasteiger partial charge in [-0.15, -0.1) is 12.4 Å². The molecule has 5 heteroatoms. The topological polar surface area (TPSA) is 55.5 Å². The average molecular weight is 353 g/mol. The van der Waals surface area contributed by atoms with Gasteiger partial charge in [0.1, 0.15) is 5.75 Å². The third-order valence-electron chi connectivity index (χ3n) is 3.15. The summed E-state index contributed by atoms with van der Waals surface area (Å²) in [6, 6.07) is 5.53. The Morgan fingerprint density at radius 2 is 1.95 bits per heavy atom. The van der Waals surface area contributed by atoms with Crippen LogP contribution in [-0.2, 0) is 0 Å². The summed E-state index contributed by atoms with van der Waals surface area (Å²) in [5.41, 5.74) is 6.93. The lowest BCUT2D eigenvalue weighted by Crippen LogP contribution is -2.36. The Bertz CT molecular complexity index is 407. The summed E-state index contributed by atoms with van der Waals surface area (Å²) in [4.78, 5) is 0. The molecule has 0 saturated heterocycles. The van der Waals surface area contributed by atoms with E-state index in [1.54, 1.807) is 7.11 Å². The second-order valence-electron chi connectivity index (χ2n) is 5.62. The van der Waals surface area contributed by atoms with Crippen LogP contribution in [0, 0.1) is 5.41 Å². The van der Waals surface area contributed by atoms with Crippen molar-refractivity contribution in [2.45, 2.75) is 39.3 Å². The molecule has 1 rings (SSSR count). The maximum absolute atomic E-state index is 10.2. The van der Waals surface area contributed by atoms with E-state index in [2.05, 4.69) is 36.7 Å². The van der Waals surface area contributed by atoms with E-state index in [-0.39, 0.29) is 23.9 Å². The van der Waals surface area contributed by atoms with Crippen LogP contribution in [0.25, 0.3) is 0 Å². The first-order valence-electron chi connectivity index (χ1n) is 6.02. The molecule has 3 nitrogen and oxygen atoms in total. The van der Waals surface area contributed by atoms with E-state index < -0.39 is 6.10 Å². The van der Waals surface area contributed by atoms with Crippen LogP contribution >= 0.6 is 28.3 Å². The van der Waals surface area contributed by atoms with E-state index >= 15 is 0 Å². The van der Waals surface area contributed by atoms with Gasteiger partial charge in [-0.2, -0.15) is 0 Å². The van der Waals surface area contributed by atoms with Gasteiger partial charge in [0.05, 0.1) is 17.7 Å². The summed E-state index contributed by atoms with van der Waals surface area (Å²) in [7, 11) is 1.62. The van der Waals surface area contributed by atoms with Gasteiger partial charge < -0.3 is 15.6 Å². The molecule has 2 atom stereocenters. The minimum Gasteiger partial charge on any atom is -0.496 e. The fourth-order valence-electron chi connectivity index (χ4n) is 1.62. The SMILES string of the molecule is COc1ccc([C@@H](O)C[C@@H](N)C(C)(C)C)cc1Br.Cl. The molecule has 1 aromatic rings. The van der Waals surface area contributed by atoms with E-state index in [9.17, 15) is 5.11 Å². The summed E-state index contributed by atoms with van der Waals surface area (Å²) in [6.07, 6.45) is -0.0103. The Labute approximate surface area is 130 Å². The molecular formula is C14H23BrClNO2. The number of methoxy groups -OCH3 is 1. The van der Waals surface area contributed by atoms with Gasteiger partial charge in [0, 0.05) is 6.04 Å². The van der Waals surface area contributed by atoms with Crippen molar-refractivity contribution >= 4 is 28.3 Å². The Morgan fingerprint density at radius 3 is 2.37 bits per heavy atom. The zero-order valence-electron chi connectivity index (χ0n) is 11.8. The third kappa shape index (κ3) is 5.30. The molecule has 0 radical (unpaired) electrons. The molecule has 0 spiro atoms. The van der Waals surface area contributed by atoms with Crippen LogP contribution in [0.3, 0.4) is 0 Å². The number of aliphatic hydroxyl groups is 1. The number of hydrogen-bond donors (Lipinski definition) is 2. The first-order chi connectivity index (χ1) is 8.25. The number of aliphatic hydroxyl groups excluding tert-OH is 1. The van der Waals surface area contributed by atoms with Crippen molar-refractivity contribution in [1.82, 2.24) is 0 Å². The van der Waals surface area contributed by atoms with Gasteiger partial charge >= 0.3 is 0 Å². The zero-order chi connectivity index (χ0) is 13.9. The summed E-state index contributed by atoms with van der Waals surface area (Å²) in [5, 5.41) is 10.2. The molecule has 0 aromatic heterocycles. The van der Waals surface area contributed by atoms with Crippen molar-refractivity contribution in [3.63, 3.8) is 0 Å². The summed E-state index contributed by atoms with van der Waals surface area (Å²) in [6.45, 7) is 6.23. The Balaban J connectivity index is 0.00000324. The second-order valence-corrected chi connectivity index (χ2v) is 6.47. The van der Waals surface area contributed by atoms with Gasteiger partial charge in [0.15, 0.2) is 0 Å². The largest absolute Gasteiger partial charge is 0.496 e.